The minimum absolute atomic E-state index is 0.101. The van der Waals surface area contributed by atoms with Gasteiger partial charge in [0.1, 0.15) is 12.4 Å². The Bertz CT molecular complexity index is 393. The third-order valence-electron chi connectivity index (χ3n) is 3.54. The third kappa shape index (κ3) is 8.08. The van der Waals surface area contributed by atoms with Crippen molar-refractivity contribution < 1.29 is 9.47 Å². The smallest absolute Gasteiger partial charge is 0.119 e. The molecule has 0 aliphatic rings. The maximum absolute atomic E-state index is 5.69. The number of hydrogen-bond acceptors (Lipinski definition) is 3. The fraction of sp³-hybridized carbons (Fsp3) is 0.667. The molecule has 0 N–H and O–H groups in total. The van der Waals surface area contributed by atoms with E-state index in [1.807, 2.05) is 12.1 Å². The second kappa shape index (κ2) is 8.40. The number of ether oxygens (including phenoxy) is 2. The molecule has 3 nitrogen and oxygen atoms in total. The van der Waals surface area contributed by atoms with Crippen molar-refractivity contribution >= 4 is 0 Å². The predicted molar refractivity (Wildman–Crippen MR) is 89.1 cm³/mol. The normalized spacial score (nSPS) is 13.5. The first kappa shape index (κ1) is 18.0. The van der Waals surface area contributed by atoms with Gasteiger partial charge in [-0.2, -0.15) is 0 Å². The maximum atomic E-state index is 5.69. The first-order valence-electron chi connectivity index (χ1n) is 7.80. The number of aryl methyl sites for hydroxylation is 1. The average molecular weight is 293 g/mol. The lowest BCUT2D eigenvalue weighted by Crippen LogP contribution is -2.24. The largest absolute Gasteiger partial charge is 0.491 e. The van der Waals surface area contributed by atoms with Crippen molar-refractivity contribution in [2.75, 3.05) is 27.3 Å². The van der Waals surface area contributed by atoms with Crippen molar-refractivity contribution in [3.05, 3.63) is 29.8 Å². The van der Waals surface area contributed by atoms with Gasteiger partial charge in [0.15, 0.2) is 0 Å². The van der Waals surface area contributed by atoms with Crippen LogP contribution in [0.4, 0.5) is 0 Å². The Labute approximate surface area is 130 Å². The summed E-state index contributed by atoms with van der Waals surface area (Å²) in [7, 11) is 4.25. The Hall–Kier alpha value is -1.06. The molecule has 120 valence electrons. The fourth-order valence-corrected chi connectivity index (χ4v) is 1.89. The first-order chi connectivity index (χ1) is 9.78. The van der Waals surface area contributed by atoms with E-state index in [-0.39, 0.29) is 5.60 Å². The Morgan fingerprint density at radius 1 is 1.05 bits per heavy atom. The van der Waals surface area contributed by atoms with Gasteiger partial charge in [0.25, 0.3) is 0 Å². The number of hydrogen-bond donors (Lipinski definition) is 0. The van der Waals surface area contributed by atoms with E-state index in [0.29, 0.717) is 19.3 Å². The Morgan fingerprint density at radius 3 is 2.19 bits per heavy atom. The molecular formula is C18H31NO2. The van der Waals surface area contributed by atoms with Crippen LogP contribution in [0.2, 0.25) is 0 Å². The summed E-state index contributed by atoms with van der Waals surface area (Å²) in [4.78, 5) is 2.26. The van der Waals surface area contributed by atoms with E-state index in [2.05, 4.69) is 58.8 Å². The van der Waals surface area contributed by atoms with Crippen molar-refractivity contribution in [3.8, 4) is 5.75 Å². The number of nitrogens with zero attached hydrogens (tertiary/aromatic N) is 1. The highest BCUT2D eigenvalue weighted by Crippen LogP contribution is 2.15. The lowest BCUT2D eigenvalue weighted by Gasteiger charge is -2.20. The van der Waals surface area contributed by atoms with Crippen LogP contribution < -0.4 is 4.74 Å². The summed E-state index contributed by atoms with van der Waals surface area (Å²) >= 11 is 0. The van der Waals surface area contributed by atoms with Gasteiger partial charge in [-0.05, 0) is 72.3 Å². The summed E-state index contributed by atoms with van der Waals surface area (Å²) in [5.41, 5.74) is 1.26. The molecule has 3 heteroatoms. The summed E-state index contributed by atoms with van der Waals surface area (Å²) in [5.74, 6) is 0.914. The summed E-state index contributed by atoms with van der Waals surface area (Å²) in [6.45, 7) is 9.62. The van der Waals surface area contributed by atoms with Gasteiger partial charge in [-0.15, -0.1) is 0 Å². The van der Waals surface area contributed by atoms with E-state index >= 15 is 0 Å². The molecule has 0 aliphatic heterocycles. The SMILES string of the molecule is CC(CCc1ccc(OCCOC(C)(C)C)cc1)N(C)C. The quantitative estimate of drug-likeness (QED) is 0.681. The monoisotopic (exact) mass is 293 g/mol. The van der Waals surface area contributed by atoms with Crippen molar-refractivity contribution in [2.24, 2.45) is 0 Å². The fourth-order valence-electron chi connectivity index (χ4n) is 1.89. The maximum Gasteiger partial charge on any atom is 0.119 e. The highest BCUT2D eigenvalue weighted by Gasteiger charge is 2.09. The van der Waals surface area contributed by atoms with Crippen molar-refractivity contribution in [2.45, 2.75) is 52.2 Å². The van der Waals surface area contributed by atoms with Gasteiger partial charge >= 0.3 is 0 Å². The molecule has 0 spiro atoms. The molecule has 1 atom stereocenters. The van der Waals surface area contributed by atoms with E-state index in [9.17, 15) is 0 Å². The van der Waals surface area contributed by atoms with E-state index in [1.54, 1.807) is 0 Å². The molecule has 0 aromatic heterocycles. The molecule has 0 saturated heterocycles. The summed E-state index contributed by atoms with van der Waals surface area (Å²) in [5, 5.41) is 0. The zero-order valence-electron chi connectivity index (χ0n) is 14.5. The van der Waals surface area contributed by atoms with Crippen LogP contribution in [0.5, 0.6) is 5.75 Å². The minimum Gasteiger partial charge on any atom is -0.491 e. The van der Waals surface area contributed by atoms with Crippen LogP contribution in [0.25, 0.3) is 0 Å². The zero-order chi connectivity index (χ0) is 15.9. The Morgan fingerprint density at radius 2 is 1.67 bits per heavy atom. The molecule has 0 saturated carbocycles. The Kier molecular flexibility index (Phi) is 7.20. The highest BCUT2D eigenvalue weighted by molar-refractivity contribution is 5.27. The highest BCUT2D eigenvalue weighted by atomic mass is 16.5. The van der Waals surface area contributed by atoms with Crippen LogP contribution in [0.15, 0.2) is 24.3 Å². The molecule has 0 heterocycles. The van der Waals surface area contributed by atoms with Crippen molar-refractivity contribution in [3.63, 3.8) is 0 Å². The first-order valence-corrected chi connectivity index (χ1v) is 7.80. The molecule has 0 radical (unpaired) electrons. The van der Waals surface area contributed by atoms with Gasteiger partial charge in [0.05, 0.1) is 12.2 Å². The van der Waals surface area contributed by atoms with Crippen LogP contribution in [-0.4, -0.2) is 43.9 Å². The van der Waals surface area contributed by atoms with Gasteiger partial charge in [-0.1, -0.05) is 12.1 Å². The predicted octanol–water partition coefficient (Wildman–Crippen LogP) is 3.76. The third-order valence-corrected chi connectivity index (χ3v) is 3.54. The molecule has 0 fully saturated rings. The molecule has 1 aromatic carbocycles. The summed E-state index contributed by atoms with van der Waals surface area (Å²) < 4.78 is 11.3. The van der Waals surface area contributed by atoms with Crippen LogP contribution in [0.3, 0.4) is 0 Å². The molecule has 0 amide bonds. The van der Waals surface area contributed by atoms with Gasteiger partial charge in [-0.3, -0.25) is 0 Å². The average Bonchev–Trinajstić information content (AvgIpc) is 2.41. The van der Waals surface area contributed by atoms with Gasteiger partial charge in [0, 0.05) is 6.04 Å². The second-order valence-electron chi connectivity index (χ2n) is 6.80. The molecule has 21 heavy (non-hydrogen) atoms. The molecular weight excluding hydrogens is 262 g/mol. The van der Waals surface area contributed by atoms with Gasteiger partial charge in [-0.25, -0.2) is 0 Å². The van der Waals surface area contributed by atoms with E-state index in [0.717, 1.165) is 12.2 Å². The zero-order valence-corrected chi connectivity index (χ0v) is 14.5. The van der Waals surface area contributed by atoms with Gasteiger partial charge in [0.2, 0.25) is 0 Å². The number of rotatable bonds is 8. The van der Waals surface area contributed by atoms with Crippen molar-refractivity contribution in [1.29, 1.82) is 0 Å². The molecule has 1 rings (SSSR count). The number of benzene rings is 1. The van der Waals surface area contributed by atoms with E-state index in [4.69, 9.17) is 9.47 Å². The van der Waals surface area contributed by atoms with Crippen LogP contribution in [0.1, 0.15) is 39.7 Å². The summed E-state index contributed by atoms with van der Waals surface area (Å²) in [6, 6.07) is 9.01. The van der Waals surface area contributed by atoms with Crippen LogP contribution in [-0.2, 0) is 11.2 Å². The lowest BCUT2D eigenvalue weighted by atomic mass is 10.1. The molecule has 1 aromatic rings. The van der Waals surface area contributed by atoms with Gasteiger partial charge < -0.3 is 14.4 Å². The standard InChI is InChI=1S/C18H31NO2/c1-15(19(5)6)7-8-16-9-11-17(12-10-16)20-13-14-21-18(2,3)4/h9-12,15H,7-8,13-14H2,1-6H3. The van der Waals surface area contributed by atoms with Crippen LogP contribution >= 0.6 is 0 Å². The molecule has 0 aliphatic carbocycles. The Balaban J connectivity index is 2.30. The minimum atomic E-state index is -0.101. The molecule has 1 unspecified atom stereocenters. The lowest BCUT2D eigenvalue weighted by molar-refractivity contribution is -0.0163. The molecule has 0 bridgehead atoms. The topological polar surface area (TPSA) is 21.7 Å². The van der Waals surface area contributed by atoms with Crippen LogP contribution in [0, 0.1) is 0 Å². The van der Waals surface area contributed by atoms with E-state index in [1.165, 1.54) is 12.0 Å². The van der Waals surface area contributed by atoms with Crippen molar-refractivity contribution in [1.82, 2.24) is 4.90 Å². The second-order valence-corrected chi connectivity index (χ2v) is 6.80. The van der Waals surface area contributed by atoms with E-state index < -0.39 is 0 Å². The summed E-state index contributed by atoms with van der Waals surface area (Å²) in [6.07, 6.45) is 2.28.